The van der Waals surface area contributed by atoms with Gasteiger partial charge in [-0.05, 0) is 43.8 Å². The Kier molecular flexibility index (Phi) is 5.29. The third-order valence-corrected chi connectivity index (χ3v) is 2.52. The number of halogens is 1. The van der Waals surface area contributed by atoms with Gasteiger partial charge >= 0.3 is 0 Å². The van der Waals surface area contributed by atoms with E-state index in [1.165, 1.54) is 0 Å². The van der Waals surface area contributed by atoms with Crippen LogP contribution in [0.25, 0.3) is 0 Å². The third kappa shape index (κ3) is 4.21. The summed E-state index contributed by atoms with van der Waals surface area (Å²) in [6.45, 7) is 3.64. The molecule has 88 valence electrons. The SMILES string of the molecule is CNCC(C)CNC(=O)c1ccc(Cl)cc1. The molecule has 0 aromatic heterocycles. The fourth-order valence-corrected chi connectivity index (χ4v) is 1.52. The number of carbonyl (C=O) groups excluding carboxylic acids is 1. The molecule has 0 radical (unpaired) electrons. The Morgan fingerprint density at radius 3 is 2.50 bits per heavy atom. The molecule has 1 unspecified atom stereocenters. The second kappa shape index (κ2) is 6.51. The number of amides is 1. The minimum atomic E-state index is -0.0559. The maximum absolute atomic E-state index is 11.7. The first-order valence-corrected chi connectivity index (χ1v) is 5.69. The lowest BCUT2D eigenvalue weighted by atomic mass is 10.1. The van der Waals surface area contributed by atoms with Crippen molar-refractivity contribution in [3.8, 4) is 0 Å². The Labute approximate surface area is 101 Å². The van der Waals surface area contributed by atoms with Crippen molar-refractivity contribution in [1.29, 1.82) is 0 Å². The van der Waals surface area contributed by atoms with Crippen LogP contribution in [0.5, 0.6) is 0 Å². The number of hydrogen-bond donors (Lipinski definition) is 2. The fraction of sp³-hybridized carbons (Fsp3) is 0.417. The molecular weight excluding hydrogens is 224 g/mol. The highest BCUT2D eigenvalue weighted by Gasteiger charge is 2.06. The first kappa shape index (κ1) is 13.0. The summed E-state index contributed by atoms with van der Waals surface area (Å²) in [7, 11) is 1.90. The number of rotatable bonds is 5. The smallest absolute Gasteiger partial charge is 0.251 e. The predicted molar refractivity (Wildman–Crippen MR) is 66.9 cm³/mol. The maximum Gasteiger partial charge on any atom is 0.251 e. The molecule has 1 amide bonds. The second-order valence-electron chi connectivity index (χ2n) is 3.88. The summed E-state index contributed by atoms with van der Waals surface area (Å²) in [4.78, 5) is 11.7. The topological polar surface area (TPSA) is 41.1 Å². The summed E-state index contributed by atoms with van der Waals surface area (Å²) in [5.41, 5.74) is 0.640. The van der Waals surface area contributed by atoms with Gasteiger partial charge in [0.2, 0.25) is 0 Å². The zero-order valence-corrected chi connectivity index (χ0v) is 10.3. The van der Waals surface area contributed by atoms with Gasteiger partial charge < -0.3 is 10.6 Å². The number of nitrogens with one attached hydrogen (secondary N) is 2. The van der Waals surface area contributed by atoms with E-state index in [0.29, 0.717) is 23.0 Å². The lowest BCUT2D eigenvalue weighted by molar-refractivity contribution is 0.0948. The summed E-state index contributed by atoms with van der Waals surface area (Å²) >= 11 is 5.75. The zero-order chi connectivity index (χ0) is 12.0. The van der Waals surface area contributed by atoms with Gasteiger partial charge in [0.25, 0.3) is 5.91 Å². The lowest BCUT2D eigenvalue weighted by Crippen LogP contribution is -2.32. The Morgan fingerprint density at radius 1 is 1.31 bits per heavy atom. The van der Waals surface area contributed by atoms with Crippen molar-refractivity contribution in [2.45, 2.75) is 6.92 Å². The summed E-state index contributed by atoms with van der Waals surface area (Å²) in [5.74, 6) is 0.362. The van der Waals surface area contributed by atoms with E-state index in [9.17, 15) is 4.79 Å². The molecule has 1 aromatic rings. The molecular formula is C12H17ClN2O. The monoisotopic (exact) mass is 240 g/mol. The molecule has 16 heavy (non-hydrogen) atoms. The van der Waals surface area contributed by atoms with Crippen molar-refractivity contribution in [3.63, 3.8) is 0 Å². The molecule has 0 aliphatic rings. The van der Waals surface area contributed by atoms with Gasteiger partial charge in [0.1, 0.15) is 0 Å². The molecule has 2 N–H and O–H groups in total. The molecule has 1 aromatic carbocycles. The first-order valence-electron chi connectivity index (χ1n) is 5.32. The van der Waals surface area contributed by atoms with Crippen molar-refractivity contribution in [1.82, 2.24) is 10.6 Å². The van der Waals surface area contributed by atoms with Crippen LogP contribution in [-0.2, 0) is 0 Å². The van der Waals surface area contributed by atoms with Crippen molar-refractivity contribution < 1.29 is 4.79 Å². The minimum Gasteiger partial charge on any atom is -0.352 e. The van der Waals surface area contributed by atoms with Crippen LogP contribution in [0.15, 0.2) is 24.3 Å². The Bertz CT molecular complexity index is 337. The van der Waals surface area contributed by atoms with Gasteiger partial charge in [-0.1, -0.05) is 18.5 Å². The second-order valence-corrected chi connectivity index (χ2v) is 4.32. The van der Waals surface area contributed by atoms with E-state index in [4.69, 9.17) is 11.6 Å². The van der Waals surface area contributed by atoms with Gasteiger partial charge in [-0.3, -0.25) is 4.79 Å². The molecule has 0 bridgehead atoms. The maximum atomic E-state index is 11.7. The lowest BCUT2D eigenvalue weighted by Gasteiger charge is -2.11. The molecule has 0 aliphatic heterocycles. The minimum absolute atomic E-state index is 0.0559. The molecule has 0 aliphatic carbocycles. The van der Waals surface area contributed by atoms with Crippen molar-refractivity contribution in [3.05, 3.63) is 34.9 Å². The highest BCUT2D eigenvalue weighted by Crippen LogP contribution is 2.09. The van der Waals surface area contributed by atoms with Crippen LogP contribution in [0.2, 0.25) is 5.02 Å². The van der Waals surface area contributed by atoms with E-state index in [2.05, 4.69) is 17.6 Å². The Morgan fingerprint density at radius 2 is 1.94 bits per heavy atom. The standard InChI is InChI=1S/C12H17ClN2O/c1-9(7-14-2)8-15-12(16)10-3-5-11(13)6-4-10/h3-6,9,14H,7-8H2,1-2H3,(H,15,16). The molecule has 4 heteroatoms. The molecule has 0 saturated carbocycles. The van der Waals surface area contributed by atoms with Crippen LogP contribution in [0.1, 0.15) is 17.3 Å². The van der Waals surface area contributed by atoms with Crippen LogP contribution >= 0.6 is 11.6 Å². The molecule has 0 spiro atoms. The zero-order valence-electron chi connectivity index (χ0n) is 9.59. The van der Waals surface area contributed by atoms with Crippen molar-refractivity contribution in [2.75, 3.05) is 20.1 Å². The first-order chi connectivity index (χ1) is 7.63. The summed E-state index contributed by atoms with van der Waals surface area (Å²) in [6.07, 6.45) is 0. The molecule has 0 heterocycles. The van der Waals surface area contributed by atoms with E-state index in [-0.39, 0.29) is 5.91 Å². The third-order valence-electron chi connectivity index (χ3n) is 2.27. The van der Waals surface area contributed by atoms with E-state index >= 15 is 0 Å². The average molecular weight is 241 g/mol. The number of carbonyl (C=O) groups is 1. The fourth-order valence-electron chi connectivity index (χ4n) is 1.39. The molecule has 0 saturated heterocycles. The Balaban J connectivity index is 2.43. The highest BCUT2D eigenvalue weighted by atomic mass is 35.5. The van der Waals surface area contributed by atoms with Gasteiger partial charge in [0, 0.05) is 17.1 Å². The van der Waals surface area contributed by atoms with Crippen molar-refractivity contribution in [2.24, 2.45) is 5.92 Å². The average Bonchev–Trinajstić information content (AvgIpc) is 2.27. The van der Waals surface area contributed by atoms with Crippen LogP contribution in [-0.4, -0.2) is 26.0 Å². The number of hydrogen-bond acceptors (Lipinski definition) is 2. The Hall–Kier alpha value is -1.06. The number of benzene rings is 1. The highest BCUT2D eigenvalue weighted by molar-refractivity contribution is 6.30. The van der Waals surface area contributed by atoms with Gasteiger partial charge in [-0.2, -0.15) is 0 Å². The quantitative estimate of drug-likeness (QED) is 0.826. The van der Waals surface area contributed by atoms with Gasteiger partial charge in [-0.15, -0.1) is 0 Å². The summed E-state index contributed by atoms with van der Waals surface area (Å²) in [6, 6.07) is 6.88. The normalized spacial score (nSPS) is 12.2. The van der Waals surface area contributed by atoms with Crippen LogP contribution in [0.4, 0.5) is 0 Å². The van der Waals surface area contributed by atoms with E-state index < -0.39 is 0 Å². The summed E-state index contributed by atoms with van der Waals surface area (Å²) in [5, 5.41) is 6.59. The van der Waals surface area contributed by atoms with E-state index in [0.717, 1.165) is 6.54 Å². The van der Waals surface area contributed by atoms with E-state index in [1.54, 1.807) is 24.3 Å². The molecule has 1 atom stereocenters. The largest absolute Gasteiger partial charge is 0.352 e. The molecule has 0 fully saturated rings. The van der Waals surface area contributed by atoms with Crippen LogP contribution in [0, 0.1) is 5.92 Å². The van der Waals surface area contributed by atoms with Gasteiger partial charge in [0.05, 0.1) is 0 Å². The summed E-state index contributed by atoms with van der Waals surface area (Å²) < 4.78 is 0. The van der Waals surface area contributed by atoms with Gasteiger partial charge in [-0.25, -0.2) is 0 Å². The molecule has 3 nitrogen and oxygen atoms in total. The van der Waals surface area contributed by atoms with Crippen LogP contribution < -0.4 is 10.6 Å². The van der Waals surface area contributed by atoms with Crippen molar-refractivity contribution >= 4 is 17.5 Å². The van der Waals surface area contributed by atoms with E-state index in [1.807, 2.05) is 7.05 Å². The predicted octanol–water partition coefficient (Wildman–Crippen LogP) is 1.93. The van der Waals surface area contributed by atoms with Crippen LogP contribution in [0.3, 0.4) is 0 Å². The molecule has 1 rings (SSSR count). The van der Waals surface area contributed by atoms with Gasteiger partial charge in [0.15, 0.2) is 0 Å².